The fourth-order valence-corrected chi connectivity index (χ4v) is 2.22. The standard InChI is InChI=1S/C15H24N2O4/c1-9(2)12(6-8-18)16-13(19)5-7-17-14(20)10(3)11(4)15(17)21/h9,12,18H,5-8H2,1-4H3,(H,16,19). The second-order valence-electron chi connectivity index (χ2n) is 5.69. The van der Waals surface area contributed by atoms with Crippen LogP contribution < -0.4 is 5.32 Å². The predicted octanol–water partition coefficient (Wildman–Crippen LogP) is 0.605. The molecule has 0 aromatic heterocycles. The van der Waals surface area contributed by atoms with E-state index in [-0.39, 0.29) is 49.3 Å². The number of rotatable bonds is 7. The van der Waals surface area contributed by atoms with Crippen LogP contribution in [0.5, 0.6) is 0 Å². The number of hydrogen-bond acceptors (Lipinski definition) is 4. The lowest BCUT2D eigenvalue weighted by Crippen LogP contribution is -2.41. The number of nitrogens with one attached hydrogen (secondary N) is 1. The second-order valence-corrected chi connectivity index (χ2v) is 5.69. The van der Waals surface area contributed by atoms with E-state index in [9.17, 15) is 14.4 Å². The molecule has 0 saturated carbocycles. The fourth-order valence-electron chi connectivity index (χ4n) is 2.22. The van der Waals surface area contributed by atoms with Gasteiger partial charge in [0.25, 0.3) is 11.8 Å². The van der Waals surface area contributed by atoms with E-state index in [2.05, 4.69) is 5.32 Å². The molecule has 0 bridgehead atoms. The number of aliphatic hydroxyl groups is 1. The Bertz CT molecular complexity index is 444. The quantitative estimate of drug-likeness (QED) is 0.674. The fraction of sp³-hybridized carbons (Fsp3) is 0.667. The molecule has 1 unspecified atom stereocenters. The molecule has 0 aromatic rings. The summed E-state index contributed by atoms with van der Waals surface area (Å²) in [6.45, 7) is 7.25. The molecule has 0 radical (unpaired) electrons. The van der Waals surface area contributed by atoms with E-state index in [0.717, 1.165) is 4.90 Å². The maximum atomic E-state index is 11.9. The first-order valence-electron chi connectivity index (χ1n) is 7.23. The Hall–Kier alpha value is -1.69. The van der Waals surface area contributed by atoms with Gasteiger partial charge in [-0.3, -0.25) is 19.3 Å². The molecule has 2 N–H and O–H groups in total. The van der Waals surface area contributed by atoms with Gasteiger partial charge < -0.3 is 10.4 Å². The molecular formula is C15H24N2O4. The van der Waals surface area contributed by atoms with E-state index < -0.39 is 0 Å². The maximum Gasteiger partial charge on any atom is 0.256 e. The Labute approximate surface area is 125 Å². The molecule has 0 aliphatic carbocycles. The predicted molar refractivity (Wildman–Crippen MR) is 78.2 cm³/mol. The minimum Gasteiger partial charge on any atom is -0.396 e. The van der Waals surface area contributed by atoms with Crippen molar-refractivity contribution in [1.29, 1.82) is 0 Å². The van der Waals surface area contributed by atoms with Crippen molar-refractivity contribution < 1.29 is 19.5 Å². The lowest BCUT2D eigenvalue weighted by molar-refractivity contribution is -0.138. The highest BCUT2D eigenvalue weighted by molar-refractivity contribution is 6.18. The van der Waals surface area contributed by atoms with Crippen LogP contribution in [0.15, 0.2) is 11.1 Å². The van der Waals surface area contributed by atoms with Gasteiger partial charge >= 0.3 is 0 Å². The summed E-state index contributed by atoms with van der Waals surface area (Å²) in [5, 5.41) is 11.8. The lowest BCUT2D eigenvalue weighted by Gasteiger charge is -2.22. The number of aliphatic hydroxyl groups excluding tert-OH is 1. The third-order valence-corrected chi connectivity index (χ3v) is 3.85. The molecule has 0 saturated heterocycles. The molecule has 0 aromatic carbocycles. The van der Waals surface area contributed by atoms with E-state index in [1.54, 1.807) is 13.8 Å². The molecule has 3 amide bonds. The molecule has 6 heteroatoms. The molecule has 1 aliphatic rings. The Morgan fingerprint density at radius 1 is 1.19 bits per heavy atom. The van der Waals surface area contributed by atoms with E-state index >= 15 is 0 Å². The van der Waals surface area contributed by atoms with Gasteiger partial charge in [-0.2, -0.15) is 0 Å². The summed E-state index contributed by atoms with van der Waals surface area (Å²) < 4.78 is 0. The van der Waals surface area contributed by atoms with Crippen LogP contribution >= 0.6 is 0 Å². The van der Waals surface area contributed by atoms with Crippen LogP contribution in [-0.2, 0) is 14.4 Å². The summed E-state index contributed by atoms with van der Waals surface area (Å²) in [4.78, 5) is 36.7. The van der Waals surface area contributed by atoms with Crippen molar-refractivity contribution in [3.8, 4) is 0 Å². The number of hydrogen-bond donors (Lipinski definition) is 2. The first-order valence-corrected chi connectivity index (χ1v) is 7.23. The molecule has 1 atom stereocenters. The Kier molecular flexibility index (Phi) is 6.08. The van der Waals surface area contributed by atoms with Gasteiger partial charge in [-0.15, -0.1) is 0 Å². The summed E-state index contributed by atoms with van der Waals surface area (Å²) in [6.07, 6.45) is 0.567. The second kappa shape index (κ2) is 7.36. The molecule has 0 spiro atoms. The maximum absolute atomic E-state index is 11.9. The molecule has 0 fully saturated rings. The third kappa shape index (κ3) is 4.14. The Morgan fingerprint density at radius 3 is 2.14 bits per heavy atom. The van der Waals surface area contributed by atoms with Crippen molar-refractivity contribution in [2.75, 3.05) is 13.2 Å². The zero-order valence-corrected chi connectivity index (χ0v) is 13.1. The summed E-state index contributed by atoms with van der Waals surface area (Å²) >= 11 is 0. The Morgan fingerprint density at radius 2 is 1.71 bits per heavy atom. The summed E-state index contributed by atoms with van der Waals surface area (Å²) in [5.41, 5.74) is 0.890. The smallest absolute Gasteiger partial charge is 0.256 e. The van der Waals surface area contributed by atoms with Crippen molar-refractivity contribution in [1.82, 2.24) is 10.2 Å². The van der Waals surface area contributed by atoms with Crippen LogP contribution in [0.2, 0.25) is 0 Å². The van der Waals surface area contributed by atoms with Crippen LogP contribution in [0.4, 0.5) is 0 Å². The van der Waals surface area contributed by atoms with Crippen molar-refractivity contribution in [3.05, 3.63) is 11.1 Å². The number of nitrogens with zero attached hydrogens (tertiary/aromatic N) is 1. The SMILES string of the molecule is CC1=C(C)C(=O)N(CCC(=O)NC(CCO)C(C)C)C1=O. The summed E-state index contributed by atoms with van der Waals surface area (Å²) in [5.74, 6) is -0.644. The van der Waals surface area contributed by atoms with Gasteiger partial charge in [0.2, 0.25) is 5.91 Å². The van der Waals surface area contributed by atoms with Gasteiger partial charge in [-0.25, -0.2) is 0 Å². The summed E-state index contributed by atoms with van der Waals surface area (Å²) in [6, 6.07) is -0.103. The van der Waals surface area contributed by atoms with E-state index in [4.69, 9.17) is 5.11 Å². The van der Waals surface area contributed by atoms with Crippen molar-refractivity contribution in [3.63, 3.8) is 0 Å². The zero-order valence-electron chi connectivity index (χ0n) is 13.1. The molecule has 6 nitrogen and oxygen atoms in total. The van der Waals surface area contributed by atoms with Crippen LogP contribution in [0.1, 0.15) is 40.5 Å². The van der Waals surface area contributed by atoms with Gasteiger partial charge in [0.05, 0.1) is 0 Å². The van der Waals surface area contributed by atoms with Crippen LogP contribution in [0, 0.1) is 5.92 Å². The highest BCUT2D eigenvalue weighted by Crippen LogP contribution is 2.19. The molecule has 1 aliphatic heterocycles. The average molecular weight is 296 g/mol. The number of carbonyl (C=O) groups excluding carboxylic acids is 3. The van der Waals surface area contributed by atoms with Gasteiger partial charge in [-0.05, 0) is 26.2 Å². The minimum atomic E-state index is -0.318. The Balaban J connectivity index is 2.51. The van der Waals surface area contributed by atoms with Crippen LogP contribution in [0.3, 0.4) is 0 Å². The zero-order chi connectivity index (χ0) is 16.2. The number of imide groups is 1. The van der Waals surface area contributed by atoms with E-state index in [1.807, 2.05) is 13.8 Å². The van der Waals surface area contributed by atoms with E-state index in [1.165, 1.54) is 0 Å². The minimum absolute atomic E-state index is 0.00847. The monoisotopic (exact) mass is 296 g/mol. The largest absolute Gasteiger partial charge is 0.396 e. The van der Waals surface area contributed by atoms with Crippen molar-refractivity contribution in [2.45, 2.75) is 46.6 Å². The van der Waals surface area contributed by atoms with Gasteiger partial charge in [0.1, 0.15) is 0 Å². The molecule has 1 rings (SSSR count). The van der Waals surface area contributed by atoms with Gasteiger partial charge in [-0.1, -0.05) is 13.8 Å². The normalized spacial score (nSPS) is 17.0. The molecule has 1 heterocycles. The first kappa shape index (κ1) is 17.4. The number of amides is 3. The highest BCUT2D eigenvalue weighted by atomic mass is 16.3. The van der Waals surface area contributed by atoms with Crippen LogP contribution in [-0.4, -0.2) is 46.9 Å². The third-order valence-electron chi connectivity index (χ3n) is 3.85. The highest BCUT2D eigenvalue weighted by Gasteiger charge is 2.33. The lowest BCUT2D eigenvalue weighted by atomic mass is 10.0. The van der Waals surface area contributed by atoms with Crippen molar-refractivity contribution in [2.24, 2.45) is 5.92 Å². The molecule has 118 valence electrons. The van der Waals surface area contributed by atoms with Crippen molar-refractivity contribution >= 4 is 17.7 Å². The summed E-state index contributed by atoms with van der Waals surface area (Å²) in [7, 11) is 0. The topological polar surface area (TPSA) is 86.7 Å². The van der Waals surface area contributed by atoms with Crippen LogP contribution in [0.25, 0.3) is 0 Å². The molecular weight excluding hydrogens is 272 g/mol. The van der Waals surface area contributed by atoms with Gasteiger partial charge in [0.15, 0.2) is 0 Å². The van der Waals surface area contributed by atoms with E-state index in [0.29, 0.717) is 17.6 Å². The van der Waals surface area contributed by atoms with Gasteiger partial charge in [0, 0.05) is 36.8 Å². The average Bonchev–Trinajstić information content (AvgIpc) is 2.61. The first-order chi connectivity index (χ1) is 9.79. The number of carbonyl (C=O) groups is 3. The molecule has 21 heavy (non-hydrogen) atoms.